The fourth-order valence-corrected chi connectivity index (χ4v) is 4.16. The lowest BCUT2D eigenvalue weighted by Crippen LogP contribution is -2.57. The third-order valence-electron chi connectivity index (χ3n) is 5.82. The van der Waals surface area contributed by atoms with Gasteiger partial charge in [0.15, 0.2) is 5.75 Å². The molecule has 152 valence electrons. The first-order chi connectivity index (χ1) is 12.7. The van der Waals surface area contributed by atoms with E-state index in [1.807, 2.05) is 6.07 Å². The second-order valence-electron chi connectivity index (χ2n) is 8.51. The number of nitrogens with zero attached hydrogens (tertiary/aromatic N) is 3. The summed E-state index contributed by atoms with van der Waals surface area (Å²) in [5.41, 5.74) is 7.12. The Morgan fingerprint density at radius 1 is 1.04 bits per heavy atom. The lowest BCUT2D eigenvalue weighted by Gasteiger charge is -2.46. The van der Waals surface area contributed by atoms with Gasteiger partial charge in [-0.3, -0.25) is 9.80 Å². The lowest BCUT2D eigenvalue weighted by molar-refractivity contribution is -0.0493. The van der Waals surface area contributed by atoms with Gasteiger partial charge >= 0.3 is 6.61 Å². The van der Waals surface area contributed by atoms with Crippen LogP contribution in [-0.2, 0) is 0 Å². The maximum atomic E-state index is 12.5. The molecule has 2 aliphatic heterocycles. The quantitative estimate of drug-likeness (QED) is 0.810. The van der Waals surface area contributed by atoms with Gasteiger partial charge in [0.1, 0.15) is 0 Å². The maximum Gasteiger partial charge on any atom is 0.387 e. The van der Waals surface area contributed by atoms with Crippen molar-refractivity contribution in [3.63, 3.8) is 0 Å². The van der Waals surface area contributed by atoms with E-state index in [2.05, 4.69) is 40.2 Å². The Balaban J connectivity index is 1.54. The van der Waals surface area contributed by atoms with Crippen molar-refractivity contribution in [2.75, 3.05) is 49.9 Å². The first-order valence-electron chi connectivity index (χ1n) is 9.82. The van der Waals surface area contributed by atoms with Gasteiger partial charge in [-0.05, 0) is 45.7 Å². The molecule has 7 heteroatoms. The predicted octanol–water partition coefficient (Wildman–Crippen LogP) is 3.26. The van der Waals surface area contributed by atoms with Gasteiger partial charge in [0.05, 0.1) is 5.69 Å². The highest BCUT2D eigenvalue weighted by Gasteiger charge is 2.31. The lowest BCUT2D eigenvalue weighted by atomic mass is 10.00. The molecule has 2 saturated heterocycles. The number of benzene rings is 1. The third kappa shape index (κ3) is 5.02. The highest BCUT2D eigenvalue weighted by atomic mass is 19.3. The minimum Gasteiger partial charge on any atom is -0.433 e. The van der Waals surface area contributed by atoms with Gasteiger partial charge in [-0.2, -0.15) is 8.78 Å². The summed E-state index contributed by atoms with van der Waals surface area (Å²) in [5, 5.41) is 0. The summed E-state index contributed by atoms with van der Waals surface area (Å²) in [7, 11) is 0. The first-order valence-corrected chi connectivity index (χ1v) is 9.82. The molecule has 2 N–H and O–H groups in total. The first kappa shape index (κ1) is 20.1. The Labute approximate surface area is 161 Å². The molecule has 0 aliphatic carbocycles. The summed E-state index contributed by atoms with van der Waals surface area (Å²) in [6.45, 7) is 10.3. The summed E-state index contributed by atoms with van der Waals surface area (Å²) in [6, 6.07) is 5.76. The van der Waals surface area contributed by atoms with Gasteiger partial charge in [0.2, 0.25) is 0 Å². The van der Waals surface area contributed by atoms with Gasteiger partial charge in [0, 0.05) is 62.6 Å². The van der Waals surface area contributed by atoms with E-state index in [9.17, 15) is 8.78 Å². The van der Waals surface area contributed by atoms with Gasteiger partial charge in [-0.15, -0.1) is 0 Å². The van der Waals surface area contributed by atoms with E-state index in [4.69, 9.17) is 5.73 Å². The number of nitrogens with two attached hydrogens (primary N) is 1. The molecule has 2 heterocycles. The number of piperidine rings is 1. The van der Waals surface area contributed by atoms with Crippen LogP contribution in [0.5, 0.6) is 5.75 Å². The van der Waals surface area contributed by atoms with E-state index in [0.717, 1.165) is 57.8 Å². The van der Waals surface area contributed by atoms with E-state index in [1.165, 1.54) is 0 Å². The Kier molecular flexibility index (Phi) is 6.11. The monoisotopic (exact) mass is 382 g/mol. The summed E-state index contributed by atoms with van der Waals surface area (Å²) in [5.74, 6) is 0.0583. The number of nitrogen functional groups attached to an aromatic ring is 1. The van der Waals surface area contributed by atoms with Gasteiger partial charge in [-0.1, -0.05) is 0 Å². The molecule has 1 aromatic carbocycles. The Morgan fingerprint density at radius 3 is 2.22 bits per heavy atom. The maximum absolute atomic E-state index is 12.5. The average molecular weight is 382 g/mol. The van der Waals surface area contributed by atoms with Crippen LogP contribution in [0.2, 0.25) is 0 Å². The van der Waals surface area contributed by atoms with E-state index in [-0.39, 0.29) is 17.0 Å². The van der Waals surface area contributed by atoms with Crippen molar-refractivity contribution in [2.24, 2.45) is 0 Å². The predicted molar refractivity (Wildman–Crippen MR) is 106 cm³/mol. The molecule has 0 amide bonds. The molecule has 0 saturated carbocycles. The molecule has 2 fully saturated rings. The van der Waals surface area contributed by atoms with Crippen LogP contribution in [0.25, 0.3) is 0 Å². The number of hydrogen-bond acceptors (Lipinski definition) is 5. The van der Waals surface area contributed by atoms with Crippen molar-refractivity contribution in [3.05, 3.63) is 18.2 Å². The minimum absolute atomic E-state index is 0.0583. The van der Waals surface area contributed by atoms with Crippen LogP contribution in [0, 0.1) is 0 Å². The van der Waals surface area contributed by atoms with Crippen molar-refractivity contribution in [2.45, 2.75) is 51.8 Å². The topological polar surface area (TPSA) is 45.0 Å². The summed E-state index contributed by atoms with van der Waals surface area (Å²) < 4.78 is 29.6. The number of anilines is 2. The number of piperazine rings is 1. The number of rotatable bonds is 4. The van der Waals surface area contributed by atoms with Crippen LogP contribution in [-0.4, -0.2) is 67.3 Å². The highest BCUT2D eigenvalue weighted by Crippen LogP contribution is 2.31. The zero-order valence-electron chi connectivity index (χ0n) is 16.6. The second kappa shape index (κ2) is 8.19. The molecule has 0 spiro atoms. The van der Waals surface area contributed by atoms with Crippen LogP contribution >= 0.6 is 0 Å². The molecule has 0 radical (unpaired) electrons. The van der Waals surface area contributed by atoms with Crippen molar-refractivity contribution in [1.29, 1.82) is 0 Å². The van der Waals surface area contributed by atoms with Crippen LogP contribution in [0.1, 0.15) is 33.6 Å². The largest absolute Gasteiger partial charge is 0.433 e. The molecule has 0 bridgehead atoms. The molecule has 3 rings (SSSR count). The molecular weight excluding hydrogens is 350 g/mol. The fourth-order valence-electron chi connectivity index (χ4n) is 4.16. The van der Waals surface area contributed by atoms with E-state index < -0.39 is 6.61 Å². The second-order valence-corrected chi connectivity index (χ2v) is 8.51. The minimum atomic E-state index is -2.86. The summed E-state index contributed by atoms with van der Waals surface area (Å²) >= 11 is 0. The van der Waals surface area contributed by atoms with Gasteiger partial charge in [-0.25, -0.2) is 0 Å². The molecular formula is C20H32F2N4O. The fraction of sp³-hybridized carbons (Fsp3) is 0.700. The SMILES string of the molecule is CC(C)(C)N1CCN(C2CCN(c3ccc(N)c(OC(F)F)c3)CC2)CC1. The zero-order chi connectivity index (χ0) is 19.6. The highest BCUT2D eigenvalue weighted by molar-refractivity contribution is 5.62. The van der Waals surface area contributed by atoms with Crippen molar-refractivity contribution in [3.8, 4) is 5.75 Å². The molecule has 0 aromatic heterocycles. The molecule has 0 atom stereocenters. The van der Waals surface area contributed by atoms with Gasteiger partial charge in [0.25, 0.3) is 0 Å². The standard InChI is InChI=1S/C20H32F2N4O/c1-20(2,3)26-12-10-25(11-13-26)15-6-8-24(9-7-15)16-4-5-17(23)18(14-16)27-19(21)22/h4-5,14-15,19H,6-13,23H2,1-3H3. The normalized spacial score (nSPS) is 21.0. The molecule has 2 aliphatic rings. The van der Waals surface area contributed by atoms with E-state index in [1.54, 1.807) is 12.1 Å². The zero-order valence-corrected chi connectivity index (χ0v) is 16.6. The van der Waals surface area contributed by atoms with E-state index in [0.29, 0.717) is 6.04 Å². The summed E-state index contributed by atoms with van der Waals surface area (Å²) in [4.78, 5) is 7.41. The Bertz CT molecular complexity index is 619. The number of hydrogen-bond donors (Lipinski definition) is 1. The number of alkyl halides is 2. The third-order valence-corrected chi connectivity index (χ3v) is 5.82. The van der Waals surface area contributed by atoms with Crippen molar-refractivity contribution >= 4 is 11.4 Å². The van der Waals surface area contributed by atoms with Crippen molar-refractivity contribution < 1.29 is 13.5 Å². The molecule has 5 nitrogen and oxygen atoms in total. The van der Waals surface area contributed by atoms with Gasteiger partial charge < -0.3 is 15.4 Å². The Morgan fingerprint density at radius 2 is 1.67 bits per heavy atom. The van der Waals surface area contributed by atoms with Crippen LogP contribution in [0.15, 0.2) is 18.2 Å². The number of ether oxygens (including phenoxy) is 1. The van der Waals surface area contributed by atoms with Crippen LogP contribution in [0.4, 0.5) is 20.2 Å². The molecule has 0 unspecified atom stereocenters. The van der Waals surface area contributed by atoms with Crippen LogP contribution in [0.3, 0.4) is 0 Å². The van der Waals surface area contributed by atoms with Crippen molar-refractivity contribution in [1.82, 2.24) is 9.80 Å². The Hall–Kier alpha value is -1.60. The number of halogens is 2. The molecule has 1 aromatic rings. The smallest absolute Gasteiger partial charge is 0.387 e. The van der Waals surface area contributed by atoms with Crippen LogP contribution < -0.4 is 15.4 Å². The summed E-state index contributed by atoms with van der Waals surface area (Å²) in [6.07, 6.45) is 2.18. The molecule has 27 heavy (non-hydrogen) atoms. The van der Waals surface area contributed by atoms with E-state index >= 15 is 0 Å². The average Bonchev–Trinajstić information content (AvgIpc) is 2.63.